The van der Waals surface area contributed by atoms with Gasteiger partial charge in [0, 0.05) is 33.2 Å². The van der Waals surface area contributed by atoms with Crippen LogP contribution in [0.1, 0.15) is 0 Å². The molecule has 11 heavy (non-hydrogen) atoms. The van der Waals surface area contributed by atoms with Crippen molar-refractivity contribution in [2.75, 3.05) is 33.2 Å². The van der Waals surface area contributed by atoms with Gasteiger partial charge >= 0.3 is 0 Å². The number of amidine groups is 1. The van der Waals surface area contributed by atoms with Gasteiger partial charge in [0.25, 0.3) is 0 Å². The van der Waals surface area contributed by atoms with E-state index in [0.717, 1.165) is 32.0 Å². The van der Waals surface area contributed by atoms with Gasteiger partial charge in [-0.3, -0.25) is 4.99 Å². The molecule has 0 bridgehead atoms. The number of hydrogen-bond donors (Lipinski definition) is 1. The van der Waals surface area contributed by atoms with Crippen molar-refractivity contribution in [2.45, 2.75) is 0 Å². The summed E-state index contributed by atoms with van der Waals surface area (Å²) in [7, 11) is 1.80. The minimum atomic E-state index is 1.01. The van der Waals surface area contributed by atoms with Gasteiger partial charge in [0.05, 0.1) is 0 Å². The number of piperazine rings is 1. The van der Waals surface area contributed by atoms with E-state index in [1.165, 1.54) is 0 Å². The van der Waals surface area contributed by atoms with Crippen molar-refractivity contribution < 1.29 is 0 Å². The fraction of sp³-hybridized carbons (Fsp3) is 0.625. The molecule has 0 aromatic carbocycles. The van der Waals surface area contributed by atoms with Gasteiger partial charge in [-0.15, -0.1) is 0 Å². The first kappa shape index (κ1) is 8.27. The molecule has 3 nitrogen and oxygen atoms in total. The second kappa shape index (κ2) is 4.13. The van der Waals surface area contributed by atoms with Crippen LogP contribution in [-0.4, -0.2) is 44.0 Å². The molecule has 62 valence electrons. The van der Waals surface area contributed by atoms with Gasteiger partial charge in [-0.2, -0.15) is 0 Å². The largest absolute Gasteiger partial charge is 0.354 e. The van der Waals surface area contributed by atoms with E-state index in [-0.39, 0.29) is 0 Å². The Morgan fingerprint density at radius 2 is 2.18 bits per heavy atom. The molecule has 1 heterocycles. The van der Waals surface area contributed by atoms with Gasteiger partial charge in [-0.1, -0.05) is 6.58 Å². The molecule has 0 spiro atoms. The summed E-state index contributed by atoms with van der Waals surface area (Å²) >= 11 is 0. The van der Waals surface area contributed by atoms with E-state index in [1.54, 1.807) is 7.05 Å². The number of hydrogen-bond acceptors (Lipinski definition) is 2. The number of nitrogens with one attached hydrogen (secondary N) is 1. The van der Waals surface area contributed by atoms with Crippen molar-refractivity contribution in [2.24, 2.45) is 4.99 Å². The zero-order chi connectivity index (χ0) is 8.10. The summed E-state index contributed by atoms with van der Waals surface area (Å²) in [6, 6.07) is 0. The normalized spacial score (nSPS) is 20.1. The predicted octanol–water partition coefficient (Wildman–Crippen LogP) is 0.106. The Kier molecular flexibility index (Phi) is 3.11. The third-order valence-electron chi connectivity index (χ3n) is 1.85. The molecule has 1 rings (SSSR count). The molecule has 0 amide bonds. The first-order valence-corrected chi connectivity index (χ1v) is 3.93. The van der Waals surface area contributed by atoms with Crippen molar-refractivity contribution in [3.8, 4) is 0 Å². The van der Waals surface area contributed by atoms with Gasteiger partial charge in [0.15, 0.2) is 0 Å². The summed E-state index contributed by atoms with van der Waals surface area (Å²) < 4.78 is 0. The van der Waals surface area contributed by atoms with E-state index in [1.807, 2.05) is 6.08 Å². The Morgan fingerprint density at radius 1 is 1.55 bits per heavy atom. The third kappa shape index (κ3) is 2.05. The van der Waals surface area contributed by atoms with Crippen LogP contribution < -0.4 is 5.32 Å². The molecule has 1 N–H and O–H groups in total. The van der Waals surface area contributed by atoms with Gasteiger partial charge in [0.2, 0.25) is 0 Å². The highest BCUT2D eigenvalue weighted by Gasteiger charge is 2.10. The van der Waals surface area contributed by atoms with Crippen molar-refractivity contribution in [3.05, 3.63) is 12.7 Å². The van der Waals surface area contributed by atoms with E-state index >= 15 is 0 Å². The van der Waals surface area contributed by atoms with Crippen LogP contribution in [0.2, 0.25) is 0 Å². The standard InChI is InChI=1S/C8H15N3/c1-3-8(9-2)11-6-4-10-5-7-11/h3,10H,1,4-7H2,2H3. The quantitative estimate of drug-likeness (QED) is 0.427. The number of nitrogens with zero attached hydrogens (tertiary/aromatic N) is 2. The lowest BCUT2D eigenvalue weighted by atomic mass is 10.3. The van der Waals surface area contributed by atoms with E-state index in [2.05, 4.69) is 21.8 Å². The molecule has 0 unspecified atom stereocenters. The Bertz CT molecular complexity index is 157. The molecule has 0 aromatic heterocycles. The second-order valence-electron chi connectivity index (χ2n) is 2.52. The van der Waals surface area contributed by atoms with E-state index < -0.39 is 0 Å². The predicted molar refractivity (Wildman–Crippen MR) is 48.0 cm³/mol. The van der Waals surface area contributed by atoms with Crippen LogP contribution in [0, 0.1) is 0 Å². The van der Waals surface area contributed by atoms with Gasteiger partial charge in [-0.05, 0) is 6.08 Å². The highest BCUT2D eigenvalue weighted by Crippen LogP contribution is 1.95. The summed E-state index contributed by atoms with van der Waals surface area (Å²) in [6.45, 7) is 7.89. The van der Waals surface area contributed by atoms with Crippen LogP contribution in [0.3, 0.4) is 0 Å². The number of rotatable bonds is 1. The summed E-state index contributed by atoms with van der Waals surface area (Å²) in [6.07, 6.45) is 1.81. The Hall–Kier alpha value is -0.830. The fourth-order valence-corrected chi connectivity index (χ4v) is 1.26. The molecule has 0 radical (unpaired) electrons. The van der Waals surface area contributed by atoms with Gasteiger partial charge in [-0.25, -0.2) is 0 Å². The fourth-order valence-electron chi connectivity index (χ4n) is 1.26. The molecule has 1 fully saturated rings. The van der Waals surface area contributed by atoms with Crippen LogP contribution in [0.4, 0.5) is 0 Å². The molecule has 3 heteroatoms. The summed E-state index contributed by atoms with van der Waals surface area (Å²) in [5.74, 6) is 1.01. The van der Waals surface area contributed by atoms with Gasteiger partial charge < -0.3 is 10.2 Å². The Labute approximate surface area is 67.8 Å². The summed E-state index contributed by atoms with van der Waals surface area (Å²) in [5, 5.41) is 3.29. The van der Waals surface area contributed by atoms with Crippen molar-refractivity contribution in [3.63, 3.8) is 0 Å². The average molecular weight is 153 g/mol. The topological polar surface area (TPSA) is 27.6 Å². The lowest BCUT2D eigenvalue weighted by molar-refractivity contribution is 0.358. The van der Waals surface area contributed by atoms with E-state index in [9.17, 15) is 0 Å². The van der Waals surface area contributed by atoms with Crippen LogP contribution in [-0.2, 0) is 0 Å². The Morgan fingerprint density at radius 3 is 2.64 bits per heavy atom. The van der Waals surface area contributed by atoms with E-state index in [4.69, 9.17) is 0 Å². The third-order valence-corrected chi connectivity index (χ3v) is 1.85. The molecule has 1 saturated heterocycles. The minimum absolute atomic E-state index is 1.01. The lowest BCUT2D eigenvalue weighted by Gasteiger charge is -2.28. The van der Waals surface area contributed by atoms with E-state index in [0.29, 0.717) is 0 Å². The monoisotopic (exact) mass is 153 g/mol. The van der Waals surface area contributed by atoms with Crippen molar-refractivity contribution in [1.29, 1.82) is 0 Å². The van der Waals surface area contributed by atoms with Gasteiger partial charge in [0.1, 0.15) is 5.84 Å². The average Bonchev–Trinajstić information content (AvgIpc) is 2.09. The highest BCUT2D eigenvalue weighted by molar-refractivity contribution is 5.92. The van der Waals surface area contributed by atoms with Crippen LogP contribution in [0.15, 0.2) is 17.6 Å². The summed E-state index contributed by atoms with van der Waals surface area (Å²) in [5.41, 5.74) is 0. The molecule has 0 aliphatic carbocycles. The minimum Gasteiger partial charge on any atom is -0.354 e. The van der Waals surface area contributed by atoms with Crippen LogP contribution in [0.25, 0.3) is 0 Å². The second-order valence-corrected chi connectivity index (χ2v) is 2.52. The molecule has 0 aromatic rings. The molecule has 0 saturated carbocycles. The molecule has 0 atom stereocenters. The first-order valence-electron chi connectivity index (χ1n) is 3.93. The smallest absolute Gasteiger partial charge is 0.122 e. The van der Waals surface area contributed by atoms with Crippen molar-refractivity contribution in [1.82, 2.24) is 10.2 Å². The maximum atomic E-state index is 4.13. The lowest BCUT2D eigenvalue weighted by Crippen LogP contribution is -2.45. The van der Waals surface area contributed by atoms with Crippen LogP contribution >= 0.6 is 0 Å². The van der Waals surface area contributed by atoms with Crippen LogP contribution in [0.5, 0.6) is 0 Å². The highest BCUT2D eigenvalue weighted by atomic mass is 15.2. The zero-order valence-electron chi connectivity index (χ0n) is 7.01. The molecule has 1 aliphatic heterocycles. The Balaban J connectivity index is 2.49. The summed E-state index contributed by atoms with van der Waals surface area (Å²) in [4.78, 5) is 6.37. The molecule has 1 aliphatic rings. The SMILES string of the molecule is C=CC(=NC)N1CCNCC1. The molecular formula is C8H15N3. The maximum absolute atomic E-state index is 4.13. The van der Waals surface area contributed by atoms with Crippen molar-refractivity contribution >= 4 is 5.84 Å². The first-order chi connectivity index (χ1) is 5.38. The molecular weight excluding hydrogens is 138 g/mol. The zero-order valence-corrected chi connectivity index (χ0v) is 7.01. The maximum Gasteiger partial charge on any atom is 0.122 e. The number of aliphatic imine (C=N–C) groups is 1.